The van der Waals surface area contributed by atoms with Gasteiger partial charge in [-0.05, 0) is 42.7 Å². The molecule has 0 aliphatic heterocycles. The van der Waals surface area contributed by atoms with E-state index in [1.165, 1.54) is 6.21 Å². The van der Waals surface area contributed by atoms with Crippen LogP contribution in [0.4, 0.5) is 5.69 Å². The zero-order valence-electron chi connectivity index (χ0n) is 12.8. The molecular formula is C17H16ClN3O2. The zero-order chi connectivity index (χ0) is 16.8. The van der Waals surface area contributed by atoms with Gasteiger partial charge in [-0.15, -0.1) is 0 Å². The lowest BCUT2D eigenvalue weighted by atomic mass is 10.1. The molecule has 2 rings (SSSR count). The van der Waals surface area contributed by atoms with Gasteiger partial charge < -0.3 is 5.32 Å². The highest BCUT2D eigenvalue weighted by Gasteiger charge is 2.14. The summed E-state index contributed by atoms with van der Waals surface area (Å²) in [7, 11) is 0. The molecule has 2 amide bonds. The van der Waals surface area contributed by atoms with Gasteiger partial charge in [0, 0.05) is 10.7 Å². The number of halogens is 1. The molecule has 0 heterocycles. The van der Waals surface area contributed by atoms with Gasteiger partial charge in [-0.2, -0.15) is 5.10 Å². The van der Waals surface area contributed by atoms with Crippen molar-refractivity contribution in [1.82, 2.24) is 5.43 Å². The molecule has 0 spiro atoms. The fraction of sp³-hybridized carbons (Fsp3) is 0.118. The van der Waals surface area contributed by atoms with E-state index in [0.717, 1.165) is 16.7 Å². The lowest BCUT2D eigenvalue weighted by Gasteiger charge is -2.10. The van der Waals surface area contributed by atoms with E-state index in [9.17, 15) is 9.59 Å². The second-order valence-electron chi connectivity index (χ2n) is 4.97. The molecule has 0 atom stereocenters. The van der Waals surface area contributed by atoms with Crippen LogP contribution in [-0.2, 0) is 9.59 Å². The summed E-state index contributed by atoms with van der Waals surface area (Å²) < 4.78 is 0. The molecule has 0 unspecified atom stereocenters. The van der Waals surface area contributed by atoms with Gasteiger partial charge in [0.05, 0.1) is 6.21 Å². The van der Waals surface area contributed by atoms with Crippen molar-refractivity contribution in [2.24, 2.45) is 5.10 Å². The molecule has 0 bridgehead atoms. The minimum Gasteiger partial charge on any atom is -0.317 e. The van der Waals surface area contributed by atoms with Crippen LogP contribution in [0, 0.1) is 13.8 Å². The molecular weight excluding hydrogens is 314 g/mol. The molecule has 2 N–H and O–H groups in total. The van der Waals surface area contributed by atoms with Gasteiger partial charge in [0.2, 0.25) is 0 Å². The summed E-state index contributed by atoms with van der Waals surface area (Å²) in [5.74, 6) is -1.60. The Labute approximate surface area is 139 Å². The van der Waals surface area contributed by atoms with Crippen LogP contribution in [0.15, 0.2) is 47.6 Å². The second-order valence-corrected chi connectivity index (χ2v) is 5.41. The quantitative estimate of drug-likeness (QED) is 0.516. The van der Waals surface area contributed by atoms with Crippen LogP contribution in [-0.4, -0.2) is 18.0 Å². The number of aryl methyl sites for hydroxylation is 2. The van der Waals surface area contributed by atoms with Gasteiger partial charge in [0.25, 0.3) is 0 Å². The molecule has 0 radical (unpaired) electrons. The molecule has 0 aromatic heterocycles. The van der Waals surface area contributed by atoms with Gasteiger partial charge in [0.15, 0.2) is 0 Å². The maximum Gasteiger partial charge on any atom is 0.329 e. The largest absolute Gasteiger partial charge is 0.329 e. The van der Waals surface area contributed by atoms with E-state index in [1.807, 2.05) is 32.0 Å². The lowest BCUT2D eigenvalue weighted by Crippen LogP contribution is -2.32. The summed E-state index contributed by atoms with van der Waals surface area (Å²) >= 11 is 5.77. The van der Waals surface area contributed by atoms with E-state index in [-0.39, 0.29) is 0 Å². The third-order valence-corrected chi connectivity index (χ3v) is 3.43. The number of carbonyl (C=O) groups excluding carboxylic acids is 2. The Hall–Kier alpha value is -2.66. The summed E-state index contributed by atoms with van der Waals surface area (Å²) in [6.45, 7) is 3.72. The van der Waals surface area contributed by atoms with Gasteiger partial charge in [-0.1, -0.05) is 41.9 Å². The van der Waals surface area contributed by atoms with Gasteiger partial charge in [0.1, 0.15) is 0 Å². The van der Waals surface area contributed by atoms with Gasteiger partial charge in [-0.3, -0.25) is 9.59 Å². The normalized spacial score (nSPS) is 10.6. The van der Waals surface area contributed by atoms with Crippen LogP contribution in [0.3, 0.4) is 0 Å². The number of nitrogens with zero attached hydrogens (tertiary/aromatic N) is 1. The number of amides is 2. The Morgan fingerprint density at radius 3 is 2.22 bits per heavy atom. The highest BCUT2D eigenvalue weighted by molar-refractivity contribution is 6.39. The van der Waals surface area contributed by atoms with Crippen LogP contribution < -0.4 is 10.7 Å². The molecule has 2 aromatic carbocycles. The van der Waals surface area contributed by atoms with E-state index in [1.54, 1.807) is 24.3 Å². The van der Waals surface area contributed by atoms with Crippen molar-refractivity contribution in [3.63, 3.8) is 0 Å². The third-order valence-electron chi connectivity index (χ3n) is 3.18. The number of benzene rings is 2. The molecule has 118 valence electrons. The predicted molar refractivity (Wildman–Crippen MR) is 91.7 cm³/mol. The molecule has 0 aliphatic rings. The number of hydrogen-bond acceptors (Lipinski definition) is 3. The van der Waals surface area contributed by atoms with Crippen molar-refractivity contribution in [1.29, 1.82) is 0 Å². The minimum absolute atomic E-state index is 0.610. The number of hydrazone groups is 1. The molecule has 0 fully saturated rings. The maximum absolute atomic E-state index is 11.9. The number of para-hydroxylation sites is 1. The zero-order valence-corrected chi connectivity index (χ0v) is 13.5. The van der Waals surface area contributed by atoms with E-state index in [4.69, 9.17) is 11.6 Å². The molecule has 0 saturated carbocycles. The Morgan fingerprint density at radius 1 is 1.00 bits per heavy atom. The second kappa shape index (κ2) is 7.56. The van der Waals surface area contributed by atoms with Crippen LogP contribution >= 0.6 is 11.6 Å². The van der Waals surface area contributed by atoms with E-state index in [2.05, 4.69) is 15.8 Å². The fourth-order valence-electron chi connectivity index (χ4n) is 1.95. The molecule has 0 saturated heterocycles. The van der Waals surface area contributed by atoms with Crippen molar-refractivity contribution < 1.29 is 9.59 Å². The fourth-order valence-corrected chi connectivity index (χ4v) is 2.07. The SMILES string of the molecule is Cc1cccc(C)c1NC(=O)C(=O)N/N=C\c1ccc(Cl)cc1. The van der Waals surface area contributed by atoms with Crippen LogP contribution in [0.5, 0.6) is 0 Å². The van der Waals surface area contributed by atoms with Gasteiger partial charge in [-0.25, -0.2) is 5.43 Å². The van der Waals surface area contributed by atoms with E-state index < -0.39 is 11.8 Å². The first kappa shape index (κ1) is 16.7. The smallest absolute Gasteiger partial charge is 0.317 e. The van der Waals surface area contributed by atoms with E-state index >= 15 is 0 Å². The molecule has 6 heteroatoms. The number of rotatable bonds is 3. The highest BCUT2D eigenvalue weighted by Crippen LogP contribution is 2.19. The number of hydrogen-bond donors (Lipinski definition) is 2. The Bertz CT molecular complexity index is 735. The number of anilines is 1. The predicted octanol–water partition coefficient (Wildman–Crippen LogP) is 3.05. The molecule has 0 aliphatic carbocycles. The van der Waals surface area contributed by atoms with Crippen molar-refractivity contribution in [2.45, 2.75) is 13.8 Å². The first-order valence-corrected chi connectivity index (χ1v) is 7.31. The Morgan fingerprint density at radius 2 is 1.61 bits per heavy atom. The van der Waals surface area contributed by atoms with Crippen molar-refractivity contribution in [3.8, 4) is 0 Å². The summed E-state index contributed by atoms with van der Waals surface area (Å²) in [4.78, 5) is 23.6. The average Bonchev–Trinajstić information content (AvgIpc) is 2.52. The van der Waals surface area contributed by atoms with Gasteiger partial charge >= 0.3 is 11.8 Å². The summed E-state index contributed by atoms with van der Waals surface area (Å²) in [6.07, 6.45) is 1.43. The maximum atomic E-state index is 11.9. The first-order valence-electron chi connectivity index (χ1n) is 6.93. The molecule has 23 heavy (non-hydrogen) atoms. The van der Waals surface area contributed by atoms with Crippen LogP contribution in [0.25, 0.3) is 0 Å². The summed E-state index contributed by atoms with van der Waals surface area (Å²) in [5, 5.41) is 6.95. The molecule has 5 nitrogen and oxygen atoms in total. The topological polar surface area (TPSA) is 70.6 Å². The Kier molecular flexibility index (Phi) is 5.49. The standard InChI is InChI=1S/C17H16ClN3O2/c1-11-4-3-5-12(2)15(11)20-16(22)17(23)21-19-10-13-6-8-14(18)9-7-13/h3-10H,1-2H3,(H,20,22)(H,21,23)/b19-10-. The summed E-state index contributed by atoms with van der Waals surface area (Å²) in [6, 6.07) is 12.5. The lowest BCUT2D eigenvalue weighted by molar-refractivity contribution is -0.136. The monoisotopic (exact) mass is 329 g/mol. The first-order chi connectivity index (χ1) is 11.0. The van der Waals surface area contributed by atoms with Crippen molar-refractivity contribution in [3.05, 3.63) is 64.2 Å². The van der Waals surface area contributed by atoms with Crippen molar-refractivity contribution >= 4 is 35.3 Å². The van der Waals surface area contributed by atoms with Crippen LogP contribution in [0.2, 0.25) is 5.02 Å². The minimum atomic E-state index is -0.835. The third kappa shape index (κ3) is 4.66. The highest BCUT2D eigenvalue weighted by atomic mass is 35.5. The average molecular weight is 330 g/mol. The van der Waals surface area contributed by atoms with E-state index in [0.29, 0.717) is 10.7 Å². The number of carbonyl (C=O) groups is 2. The molecule has 2 aromatic rings. The number of nitrogens with one attached hydrogen (secondary N) is 2. The van der Waals surface area contributed by atoms with Crippen molar-refractivity contribution in [2.75, 3.05) is 5.32 Å². The summed E-state index contributed by atoms with van der Waals surface area (Å²) in [5.41, 5.74) is 5.35. The van der Waals surface area contributed by atoms with Crippen LogP contribution in [0.1, 0.15) is 16.7 Å². The Balaban J connectivity index is 1.95.